The predicted octanol–water partition coefficient (Wildman–Crippen LogP) is 3.06. The molecule has 8 nitrogen and oxygen atoms in total. The van der Waals surface area contributed by atoms with Crippen LogP contribution in [0.15, 0.2) is 47.4 Å². The molecule has 0 saturated carbocycles. The Morgan fingerprint density at radius 2 is 1.89 bits per heavy atom. The number of carbonyl (C=O) groups is 2. The van der Waals surface area contributed by atoms with Crippen molar-refractivity contribution in [3.05, 3.63) is 53.6 Å². The lowest BCUT2D eigenvalue weighted by Gasteiger charge is -2.30. The Balaban J connectivity index is 1.51. The van der Waals surface area contributed by atoms with E-state index in [4.69, 9.17) is 4.74 Å². The number of rotatable bonds is 7. The van der Waals surface area contributed by atoms with Crippen molar-refractivity contribution in [3.8, 4) is 5.75 Å². The van der Waals surface area contributed by atoms with Crippen LogP contribution < -0.4 is 15.0 Å². The lowest BCUT2D eigenvalue weighted by Crippen LogP contribution is -2.42. The molecule has 2 aliphatic rings. The van der Waals surface area contributed by atoms with Gasteiger partial charge in [0.15, 0.2) is 0 Å². The summed E-state index contributed by atoms with van der Waals surface area (Å²) in [7, 11) is -2.06. The fourth-order valence-electron chi connectivity index (χ4n) is 4.79. The molecule has 1 unspecified atom stereocenters. The summed E-state index contributed by atoms with van der Waals surface area (Å²) in [5, 5.41) is 2.85. The summed E-state index contributed by atoms with van der Waals surface area (Å²) in [6.07, 6.45) is 1.86. The van der Waals surface area contributed by atoms with Gasteiger partial charge in [-0.1, -0.05) is 19.1 Å². The molecule has 0 aliphatic carbocycles. The van der Waals surface area contributed by atoms with E-state index in [-0.39, 0.29) is 23.3 Å². The zero-order valence-electron chi connectivity index (χ0n) is 20.7. The number of hydrogen-bond donors (Lipinski definition) is 1. The van der Waals surface area contributed by atoms with E-state index in [9.17, 15) is 18.0 Å². The molecule has 0 bridgehead atoms. The third kappa shape index (κ3) is 4.92. The second-order valence-corrected chi connectivity index (χ2v) is 11.9. The predicted molar refractivity (Wildman–Crippen MR) is 134 cm³/mol. The van der Waals surface area contributed by atoms with Gasteiger partial charge in [0, 0.05) is 25.3 Å². The van der Waals surface area contributed by atoms with Crippen molar-refractivity contribution in [3.63, 3.8) is 0 Å². The van der Waals surface area contributed by atoms with E-state index in [0.717, 1.165) is 24.2 Å². The summed E-state index contributed by atoms with van der Waals surface area (Å²) < 4.78 is 33.3. The normalized spacial score (nSPS) is 19.9. The van der Waals surface area contributed by atoms with Gasteiger partial charge < -0.3 is 15.0 Å². The quantitative estimate of drug-likeness (QED) is 0.632. The molecule has 0 aromatic heterocycles. The lowest BCUT2D eigenvalue weighted by atomic mass is 9.86. The molecule has 1 atom stereocenters. The number of carbonyl (C=O) groups excluding carboxylic acids is 2. The Bertz CT molecular complexity index is 1220. The minimum atomic E-state index is -3.65. The zero-order chi connectivity index (χ0) is 25.4. The standard InChI is InChI=1S/C26H33N3O5S/c1-18-6-5-13-28(16-18)35(32,33)21-11-12-23-22(14-21)26(2,3)25(31)29(23)17-24(30)27-15-19-7-9-20(34-4)10-8-19/h7-12,14,18H,5-6,13,15-17H2,1-4H3,(H,27,30). The summed E-state index contributed by atoms with van der Waals surface area (Å²) in [6.45, 7) is 6.79. The highest BCUT2D eigenvalue weighted by molar-refractivity contribution is 7.89. The number of hydrogen-bond acceptors (Lipinski definition) is 5. The largest absolute Gasteiger partial charge is 0.497 e. The molecule has 2 aliphatic heterocycles. The highest BCUT2D eigenvalue weighted by atomic mass is 32.2. The van der Waals surface area contributed by atoms with Crippen molar-refractivity contribution in [2.75, 3.05) is 31.6 Å². The van der Waals surface area contributed by atoms with Gasteiger partial charge in [-0.15, -0.1) is 0 Å². The number of nitrogens with zero attached hydrogens (tertiary/aromatic N) is 2. The SMILES string of the molecule is COc1ccc(CNC(=O)CN2C(=O)C(C)(C)c3cc(S(=O)(=O)N4CCCC(C)C4)ccc32)cc1. The van der Waals surface area contributed by atoms with Crippen LogP contribution in [0.25, 0.3) is 0 Å². The summed E-state index contributed by atoms with van der Waals surface area (Å²) in [5.74, 6) is 0.528. The maximum Gasteiger partial charge on any atom is 0.243 e. The highest BCUT2D eigenvalue weighted by Crippen LogP contribution is 2.43. The van der Waals surface area contributed by atoms with Crippen LogP contribution in [-0.4, -0.2) is 51.3 Å². The minimum absolute atomic E-state index is 0.138. The number of anilines is 1. The average molecular weight is 500 g/mol. The molecular formula is C26H33N3O5S. The summed E-state index contributed by atoms with van der Waals surface area (Å²) >= 11 is 0. The molecule has 35 heavy (non-hydrogen) atoms. The van der Waals surface area contributed by atoms with Gasteiger partial charge in [0.25, 0.3) is 0 Å². The van der Waals surface area contributed by atoms with E-state index in [1.165, 1.54) is 9.21 Å². The van der Waals surface area contributed by atoms with Crippen LogP contribution >= 0.6 is 0 Å². The van der Waals surface area contributed by atoms with Gasteiger partial charge in [-0.05, 0) is 74.1 Å². The average Bonchev–Trinajstić information content (AvgIpc) is 3.03. The zero-order valence-corrected chi connectivity index (χ0v) is 21.5. The summed E-state index contributed by atoms with van der Waals surface area (Å²) in [6, 6.07) is 12.2. The van der Waals surface area contributed by atoms with Crippen LogP contribution in [0.3, 0.4) is 0 Å². The van der Waals surface area contributed by atoms with Crippen molar-refractivity contribution in [1.29, 1.82) is 0 Å². The number of ether oxygens (including phenoxy) is 1. The molecule has 1 fully saturated rings. The first-order chi connectivity index (χ1) is 16.5. The summed E-state index contributed by atoms with van der Waals surface area (Å²) in [4.78, 5) is 27.6. The van der Waals surface area contributed by atoms with Gasteiger partial charge in [0.1, 0.15) is 12.3 Å². The van der Waals surface area contributed by atoms with Crippen molar-refractivity contribution in [2.45, 2.75) is 50.5 Å². The maximum atomic E-state index is 13.3. The lowest BCUT2D eigenvalue weighted by molar-refractivity contribution is -0.125. The van der Waals surface area contributed by atoms with Gasteiger partial charge in [-0.2, -0.15) is 4.31 Å². The number of nitrogens with one attached hydrogen (secondary N) is 1. The van der Waals surface area contributed by atoms with E-state index < -0.39 is 15.4 Å². The monoisotopic (exact) mass is 499 g/mol. The Labute approximate surface area is 207 Å². The molecule has 1 N–H and O–H groups in total. The molecule has 0 spiro atoms. The first kappa shape index (κ1) is 25.2. The van der Waals surface area contributed by atoms with Crippen molar-refractivity contribution in [1.82, 2.24) is 9.62 Å². The molecule has 0 radical (unpaired) electrons. The molecule has 2 heterocycles. The van der Waals surface area contributed by atoms with Gasteiger partial charge in [0.05, 0.1) is 17.4 Å². The van der Waals surface area contributed by atoms with Crippen LogP contribution in [0.4, 0.5) is 5.69 Å². The number of fused-ring (bicyclic) bond motifs is 1. The maximum absolute atomic E-state index is 13.3. The molecule has 1 saturated heterocycles. The fourth-order valence-corrected chi connectivity index (χ4v) is 6.41. The molecule has 188 valence electrons. The number of benzene rings is 2. The second kappa shape index (κ2) is 9.62. The third-order valence-corrected chi connectivity index (χ3v) is 8.78. The number of piperidine rings is 1. The van der Waals surface area contributed by atoms with Crippen molar-refractivity contribution in [2.24, 2.45) is 5.92 Å². The van der Waals surface area contributed by atoms with Gasteiger partial charge >= 0.3 is 0 Å². The van der Waals surface area contributed by atoms with Crippen LogP contribution in [0.2, 0.25) is 0 Å². The van der Waals surface area contributed by atoms with E-state index in [2.05, 4.69) is 12.2 Å². The minimum Gasteiger partial charge on any atom is -0.497 e. The smallest absolute Gasteiger partial charge is 0.243 e. The molecular weight excluding hydrogens is 466 g/mol. The van der Waals surface area contributed by atoms with Gasteiger partial charge in [-0.3, -0.25) is 9.59 Å². The van der Waals surface area contributed by atoms with Crippen LogP contribution in [0.5, 0.6) is 5.75 Å². The number of methoxy groups -OCH3 is 1. The fraction of sp³-hybridized carbons (Fsp3) is 0.462. The van der Waals surface area contributed by atoms with E-state index >= 15 is 0 Å². The van der Waals surface area contributed by atoms with Gasteiger partial charge in [-0.25, -0.2) is 8.42 Å². The molecule has 2 aromatic rings. The van der Waals surface area contributed by atoms with Crippen LogP contribution in [0, 0.1) is 5.92 Å². The molecule has 9 heteroatoms. The topological polar surface area (TPSA) is 96.0 Å². The van der Waals surface area contributed by atoms with E-state index in [0.29, 0.717) is 36.8 Å². The van der Waals surface area contributed by atoms with E-state index in [1.54, 1.807) is 39.2 Å². The van der Waals surface area contributed by atoms with Crippen molar-refractivity contribution >= 4 is 27.5 Å². The van der Waals surface area contributed by atoms with Gasteiger partial charge in [0.2, 0.25) is 21.8 Å². The summed E-state index contributed by atoms with van der Waals surface area (Å²) in [5.41, 5.74) is 1.17. The number of amides is 2. The Morgan fingerprint density at radius 3 is 2.54 bits per heavy atom. The number of sulfonamides is 1. The Kier molecular flexibility index (Phi) is 6.92. The highest BCUT2D eigenvalue weighted by Gasteiger charge is 2.45. The Morgan fingerprint density at radius 1 is 1.17 bits per heavy atom. The third-order valence-electron chi connectivity index (χ3n) is 6.92. The van der Waals surface area contributed by atoms with Crippen molar-refractivity contribution < 1.29 is 22.7 Å². The molecule has 2 aromatic carbocycles. The molecule has 2 amide bonds. The molecule has 4 rings (SSSR count). The second-order valence-electron chi connectivity index (χ2n) is 9.93. The van der Waals surface area contributed by atoms with Crippen LogP contribution in [-0.2, 0) is 31.6 Å². The van der Waals surface area contributed by atoms with E-state index in [1.807, 2.05) is 24.3 Å². The first-order valence-corrected chi connectivity index (χ1v) is 13.3. The van der Waals surface area contributed by atoms with Crippen LogP contribution in [0.1, 0.15) is 44.7 Å². The first-order valence-electron chi connectivity index (χ1n) is 11.9. The Hall–Kier alpha value is -2.91.